The second-order valence-corrected chi connectivity index (χ2v) is 8.38. The molecule has 0 saturated carbocycles. The lowest BCUT2D eigenvalue weighted by molar-refractivity contribution is -0.147. The Kier molecular flexibility index (Phi) is 5.73. The Bertz CT molecular complexity index is 1170. The van der Waals surface area contributed by atoms with Gasteiger partial charge in [0.2, 0.25) is 11.8 Å². The van der Waals surface area contributed by atoms with Crippen molar-refractivity contribution in [2.24, 2.45) is 0 Å². The molecule has 4 amide bonds. The second-order valence-electron chi connectivity index (χ2n) is 7.95. The number of nitrogens with zero attached hydrogens (tertiary/aromatic N) is 1. The number of halogens is 3. The molecule has 33 heavy (non-hydrogen) atoms. The smallest absolute Gasteiger partial charge is 0.346 e. The van der Waals surface area contributed by atoms with E-state index < -0.39 is 40.6 Å². The van der Waals surface area contributed by atoms with E-state index in [4.69, 9.17) is 19.4 Å². The highest BCUT2D eigenvalue weighted by atomic mass is 35.5. The number of piperidine rings is 1. The molecule has 2 aliphatic rings. The van der Waals surface area contributed by atoms with E-state index in [1.807, 2.05) is 0 Å². The Hall–Kier alpha value is -3.27. The maximum Gasteiger partial charge on any atom is 0.349 e. The van der Waals surface area contributed by atoms with E-state index in [-0.39, 0.29) is 31.0 Å². The Balaban J connectivity index is 1.46. The molecular formula is C22H17BClF2N3O4. The van der Waals surface area contributed by atoms with Crippen LogP contribution in [0.3, 0.4) is 0 Å². The van der Waals surface area contributed by atoms with Crippen molar-refractivity contribution < 1.29 is 28.0 Å². The average molecular weight is 472 g/mol. The third-order valence-corrected chi connectivity index (χ3v) is 6.03. The molecule has 1 unspecified atom stereocenters. The molecule has 2 aromatic rings. The zero-order chi connectivity index (χ0) is 24.0. The van der Waals surface area contributed by atoms with E-state index in [0.29, 0.717) is 16.7 Å². The lowest BCUT2D eigenvalue weighted by Crippen LogP contribution is -2.63. The lowest BCUT2D eigenvalue weighted by atomic mass is 9.70. The molecule has 0 bridgehead atoms. The van der Waals surface area contributed by atoms with E-state index in [9.17, 15) is 28.0 Å². The summed E-state index contributed by atoms with van der Waals surface area (Å²) in [5.74, 6) is -6.92. The van der Waals surface area contributed by atoms with Crippen LogP contribution in [0.25, 0.3) is 0 Å². The number of rotatable bonds is 5. The summed E-state index contributed by atoms with van der Waals surface area (Å²) in [5.41, 5.74) is -0.828. The van der Waals surface area contributed by atoms with Crippen LogP contribution in [0.1, 0.15) is 39.9 Å². The number of fused-ring (bicyclic) bond motifs is 1. The summed E-state index contributed by atoms with van der Waals surface area (Å²) in [6, 6.07) is 9.30. The third kappa shape index (κ3) is 4.10. The molecule has 2 heterocycles. The van der Waals surface area contributed by atoms with Crippen LogP contribution in [0.4, 0.5) is 8.78 Å². The molecule has 2 aromatic carbocycles. The fourth-order valence-corrected chi connectivity index (χ4v) is 3.99. The zero-order valence-electron chi connectivity index (χ0n) is 17.2. The minimum absolute atomic E-state index is 0.00147. The second kappa shape index (κ2) is 8.26. The quantitative estimate of drug-likeness (QED) is 0.515. The van der Waals surface area contributed by atoms with Crippen LogP contribution in [-0.2, 0) is 33.4 Å². The van der Waals surface area contributed by atoms with Crippen LogP contribution in [0.5, 0.6) is 0 Å². The lowest BCUT2D eigenvalue weighted by Gasteiger charge is -2.40. The summed E-state index contributed by atoms with van der Waals surface area (Å²) in [6.07, 6.45) is -0.0123. The largest absolute Gasteiger partial charge is 0.349 e. The summed E-state index contributed by atoms with van der Waals surface area (Å²) in [5, 5.41) is 4.62. The number of hydrogen-bond donors (Lipinski definition) is 2. The molecule has 168 valence electrons. The van der Waals surface area contributed by atoms with Gasteiger partial charge in [-0.2, -0.15) is 8.78 Å². The van der Waals surface area contributed by atoms with Gasteiger partial charge in [0.1, 0.15) is 7.85 Å². The molecule has 1 saturated heterocycles. The van der Waals surface area contributed by atoms with Crippen molar-refractivity contribution in [3.05, 3.63) is 69.7 Å². The minimum atomic E-state index is -3.76. The summed E-state index contributed by atoms with van der Waals surface area (Å²) in [7, 11) is 6.18. The number of amides is 4. The van der Waals surface area contributed by atoms with Gasteiger partial charge in [-0.25, -0.2) is 0 Å². The molecule has 2 aliphatic heterocycles. The van der Waals surface area contributed by atoms with Gasteiger partial charge in [-0.3, -0.25) is 24.5 Å². The zero-order valence-corrected chi connectivity index (χ0v) is 17.9. The van der Waals surface area contributed by atoms with E-state index in [1.54, 1.807) is 6.07 Å². The highest BCUT2D eigenvalue weighted by Gasteiger charge is 2.47. The molecule has 4 rings (SSSR count). The summed E-state index contributed by atoms with van der Waals surface area (Å²) in [4.78, 5) is 49.9. The normalized spacial score (nSPS) is 20.5. The van der Waals surface area contributed by atoms with E-state index in [0.717, 1.165) is 12.1 Å². The predicted octanol–water partition coefficient (Wildman–Crippen LogP) is 2.01. The van der Waals surface area contributed by atoms with Crippen LogP contribution in [0.15, 0.2) is 42.5 Å². The number of carbonyl (C=O) groups is 4. The van der Waals surface area contributed by atoms with Gasteiger partial charge in [0.25, 0.3) is 11.8 Å². The molecular weight excluding hydrogens is 455 g/mol. The number of benzene rings is 2. The molecule has 2 radical (unpaired) electrons. The monoisotopic (exact) mass is 471 g/mol. The molecule has 2 N–H and O–H groups in total. The molecule has 0 aromatic heterocycles. The topological polar surface area (TPSA) is 95.6 Å². The first-order valence-corrected chi connectivity index (χ1v) is 10.4. The van der Waals surface area contributed by atoms with Crippen molar-refractivity contribution in [3.63, 3.8) is 0 Å². The molecule has 11 heteroatoms. The van der Waals surface area contributed by atoms with Gasteiger partial charge in [-0.15, -0.1) is 0 Å². The fourth-order valence-electron chi connectivity index (χ4n) is 3.86. The fraction of sp³-hybridized carbons (Fsp3) is 0.273. The highest BCUT2D eigenvalue weighted by molar-refractivity contribution is 6.32. The number of nitrogens with one attached hydrogen (secondary N) is 2. The van der Waals surface area contributed by atoms with Crippen molar-refractivity contribution in [3.8, 4) is 0 Å². The number of hydrogen-bond acceptors (Lipinski definition) is 4. The van der Waals surface area contributed by atoms with Gasteiger partial charge in [-0.1, -0.05) is 35.9 Å². The number of imide groups is 1. The van der Waals surface area contributed by atoms with Gasteiger partial charge in [-0.05, 0) is 35.7 Å². The van der Waals surface area contributed by atoms with Crippen molar-refractivity contribution in [2.45, 2.75) is 37.3 Å². The summed E-state index contributed by atoms with van der Waals surface area (Å²) < 4.78 is 28.9. The highest BCUT2D eigenvalue weighted by Crippen LogP contribution is 2.33. The minimum Gasteiger partial charge on any atom is -0.346 e. The first-order valence-electron chi connectivity index (χ1n) is 10.0. The maximum absolute atomic E-state index is 14.4. The number of alkyl halides is 2. The predicted molar refractivity (Wildman–Crippen MR) is 114 cm³/mol. The van der Waals surface area contributed by atoms with E-state index >= 15 is 0 Å². The SMILES string of the molecule is [B]C1(N2Cc3cc(CNC(=O)C(F)(F)c4ccc(Cl)cc4)ccc3C2=O)CCC(=O)NC1=O. The van der Waals surface area contributed by atoms with Crippen LogP contribution >= 0.6 is 11.6 Å². The molecule has 7 nitrogen and oxygen atoms in total. The van der Waals surface area contributed by atoms with Crippen molar-refractivity contribution in [1.29, 1.82) is 0 Å². The van der Waals surface area contributed by atoms with E-state index in [1.165, 1.54) is 29.2 Å². The Morgan fingerprint density at radius 1 is 1.18 bits per heavy atom. The van der Waals surface area contributed by atoms with Gasteiger partial charge in [0.15, 0.2) is 0 Å². The molecule has 1 fully saturated rings. The van der Waals surface area contributed by atoms with Crippen LogP contribution in [-0.4, -0.2) is 41.8 Å². The Morgan fingerprint density at radius 2 is 1.88 bits per heavy atom. The molecule has 1 atom stereocenters. The van der Waals surface area contributed by atoms with Crippen molar-refractivity contribution >= 4 is 43.1 Å². The Labute approximate surface area is 193 Å². The maximum atomic E-state index is 14.4. The van der Waals surface area contributed by atoms with Crippen molar-refractivity contribution in [2.75, 3.05) is 0 Å². The van der Waals surface area contributed by atoms with Gasteiger partial charge in [0.05, 0.1) is 5.44 Å². The van der Waals surface area contributed by atoms with Crippen LogP contribution < -0.4 is 10.6 Å². The van der Waals surface area contributed by atoms with Gasteiger partial charge in [0, 0.05) is 35.7 Å². The standard InChI is InChI=1S/C22H17BClF2N3O4/c23-21(8-7-17(30)28-19(21)32)29-11-13-9-12(1-6-16(13)18(29)31)10-27-20(33)22(25,26)14-2-4-15(24)5-3-14/h1-6,9H,7-8,10-11H2,(H,27,33)(H,28,30,32). The molecule has 0 aliphatic carbocycles. The van der Waals surface area contributed by atoms with Gasteiger partial charge < -0.3 is 10.2 Å². The van der Waals surface area contributed by atoms with Gasteiger partial charge >= 0.3 is 5.92 Å². The number of carbonyl (C=O) groups excluding carboxylic acids is 4. The molecule has 0 spiro atoms. The van der Waals surface area contributed by atoms with Crippen LogP contribution in [0.2, 0.25) is 5.02 Å². The first kappa shape index (κ1) is 22.9. The van der Waals surface area contributed by atoms with E-state index in [2.05, 4.69) is 10.6 Å². The first-order chi connectivity index (χ1) is 15.5. The Morgan fingerprint density at radius 3 is 2.55 bits per heavy atom. The van der Waals surface area contributed by atoms with Crippen LogP contribution in [0, 0.1) is 0 Å². The summed E-state index contributed by atoms with van der Waals surface area (Å²) >= 11 is 5.70. The third-order valence-electron chi connectivity index (χ3n) is 5.78. The average Bonchev–Trinajstić information content (AvgIpc) is 3.11. The summed E-state index contributed by atoms with van der Waals surface area (Å²) in [6.45, 7) is -0.193. The van der Waals surface area contributed by atoms with Crippen molar-refractivity contribution in [1.82, 2.24) is 15.5 Å².